The van der Waals surface area contributed by atoms with Gasteiger partial charge in [0.2, 0.25) is 0 Å². The van der Waals surface area contributed by atoms with Gasteiger partial charge in [-0.2, -0.15) is 0 Å². The van der Waals surface area contributed by atoms with Gasteiger partial charge in [0, 0.05) is 20.2 Å². The van der Waals surface area contributed by atoms with Gasteiger partial charge in [0.15, 0.2) is 0 Å². The van der Waals surface area contributed by atoms with Crippen molar-refractivity contribution in [3.63, 3.8) is 0 Å². The highest BCUT2D eigenvalue weighted by atomic mass is 16.5. The summed E-state index contributed by atoms with van der Waals surface area (Å²) < 4.78 is 5.36. The summed E-state index contributed by atoms with van der Waals surface area (Å²) >= 11 is 0. The molecule has 0 aromatic heterocycles. The lowest BCUT2D eigenvalue weighted by Crippen LogP contribution is -2.36. The van der Waals surface area contributed by atoms with Gasteiger partial charge in [0.1, 0.15) is 0 Å². The smallest absolute Gasteiger partial charge is 0.0746 e. The van der Waals surface area contributed by atoms with E-state index in [1.54, 1.807) is 7.11 Å². The number of methoxy groups -OCH3 is 1. The van der Waals surface area contributed by atoms with Crippen molar-refractivity contribution in [1.29, 1.82) is 0 Å². The van der Waals surface area contributed by atoms with E-state index in [2.05, 4.69) is 51.2 Å². The number of ether oxygens (including phenoxy) is 1. The molecule has 0 radical (unpaired) electrons. The number of benzene rings is 1. The summed E-state index contributed by atoms with van der Waals surface area (Å²) in [5, 5.41) is 3.41. The monoisotopic (exact) mass is 221 g/mol. The molecule has 90 valence electrons. The van der Waals surface area contributed by atoms with Crippen molar-refractivity contribution in [2.45, 2.75) is 39.8 Å². The van der Waals surface area contributed by atoms with Crippen LogP contribution in [0.4, 0.5) is 0 Å². The van der Waals surface area contributed by atoms with Crippen LogP contribution in [0, 0.1) is 13.8 Å². The third kappa shape index (κ3) is 3.95. The van der Waals surface area contributed by atoms with Crippen LogP contribution >= 0.6 is 0 Å². The lowest BCUT2D eigenvalue weighted by atomic mass is 10.1. The lowest BCUT2D eigenvalue weighted by molar-refractivity contribution is 0.0230. The molecule has 1 rings (SSSR count). The second-order valence-electron chi connectivity index (χ2n) is 4.99. The second kappa shape index (κ2) is 5.46. The summed E-state index contributed by atoms with van der Waals surface area (Å²) in [5.41, 5.74) is 3.93. The highest BCUT2D eigenvalue weighted by Gasteiger charge is 2.14. The van der Waals surface area contributed by atoms with Gasteiger partial charge in [0.25, 0.3) is 0 Å². The molecule has 0 aliphatic carbocycles. The Morgan fingerprint density at radius 3 is 2.44 bits per heavy atom. The zero-order chi connectivity index (χ0) is 12.2. The quantitative estimate of drug-likeness (QED) is 0.825. The van der Waals surface area contributed by atoms with Gasteiger partial charge in [-0.05, 0) is 44.4 Å². The van der Waals surface area contributed by atoms with Crippen LogP contribution in [-0.4, -0.2) is 19.3 Å². The van der Waals surface area contributed by atoms with Crippen LogP contribution in [0.1, 0.15) is 30.5 Å². The Bertz CT molecular complexity index is 345. The predicted molar refractivity (Wildman–Crippen MR) is 68.7 cm³/mol. The lowest BCUT2D eigenvalue weighted by Gasteiger charge is -2.23. The highest BCUT2D eigenvalue weighted by molar-refractivity contribution is 5.29. The van der Waals surface area contributed by atoms with E-state index in [-0.39, 0.29) is 5.60 Å². The molecule has 0 unspecified atom stereocenters. The Balaban J connectivity index is 2.46. The average molecular weight is 221 g/mol. The normalized spacial score (nSPS) is 11.8. The van der Waals surface area contributed by atoms with Gasteiger partial charge in [-0.15, -0.1) is 0 Å². The first-order chi connectivity index (χ1) is 7.44. The largest absolute Gasteiger partial charge is 0.377 e. The van der Waals surface area contributed by atoms with Crippen molar-refractivity contribution >= 4 is 0 Å². The zero-order valence-corrected chi connectivity index (χ0v) is 11.1. The standard InChI is InChI=1S/C14H23NO/c1-11-6-7-13(8-12(11)2)9-15-10-14(3,4)16-5/h6-8,15H,9-10H2,1-5H3. The topological polar surface area (TPSA) is 21.3 Å². The molecule has 1 aromatic carbocycles. The average Bonchev–Trinajstić information content (AvgIpc) is 2.23. The molecule has 2 heteroatoms. The summed E-state index contributed by atoms with van der Waals surface area (Å²) in [6.45, 7) is 10.2. The maximum Gasteiger partial charge on any atom is 0.0746 e. The summed E-state index contributed by atoms with van der Waals surface area (Å²) in [5.74, 6) is 0. The van der Waals surface area contributed by atoms with Gasteiger partial charge in [-0.3, -0.25) is 0 Å². The molecule has 0 saturated heterocycles. The van der Waals surface area contributed by atoms with Crippen LogP contribution in [-0.2, 0) is 11.3 Å². The fourth-order valence-corrected chi connectivity index (χ4v) is 1.49. The van der Waals surface area contributed by atoms with E-state index >= 15 is 0 Å². The molecule has 1 N–H and O–H groups in total. The van der Waals surface area contributed by atoms with Gasteiger partial charge >= 0.3 is 0 Å². The Hall–Kier alpha value is -0.860. The van der Waals surface area contributed by atoms with Crippen molar-refractivity contribution < 1.29 is 4.74 Å². The third-order valence-electron chi connectivity index (χ3n) is 3.00. The molecular weight excluding hydrogens is 198 g/mol. The minimum Gasteiger partial charge on any atom is -0.377 e. The number of hydrogen-bond donors (Lipinski definition) is 1. The molecule has 2 nitrogen and oxygen atoms in total. The van der Waals surface area contributed by atoms with E-state index < -0.39 is 0 Å². The molecule has 0 aliphatic rings. The maximum absolute atomic E-state index is 5.36. The van der Waals surface area contributed by atoms with E-state index in [0.29, 0.717) is 0 Å². The summed E-state index contributed by atoms with van der Waals surface area (Å²) in [6, 6.07) is 6.59. The van der Waals surface area contributed by atoms with Crippen LogP contribution in [0.25, 0.3) is 0 Å². The minimum atomic E-state index is -0.0975. The Morgan fingerprint density at radius 2 is 1.88 bits per heavy atom. The van der Waals surface area contributed by atoms with Gasteiger partial charge in [-0.25, -0.2) is 0 Å². The molecule has 0 atom stereocenters. The third-order valence-corrected chi connectivity index (χ3v) is 3.00. The van der Waals surface area contributed by atoms with Crippen molar-refractivity contribution in [2.75, 3.05) is 13.7 Å². The zero-order valence-electron chi connectivity index (χ0n) is 11.1. The molecule has 0 spiro atoms. The number of rotatable bonds is 5. The Morgan fingerprint density at radius 1 is 1.19 bits per heavy atom. The molecule has 1 aromatic rings. The van der Waals surface area contributed by atoms with E-state index in [4.69, 9.17) is 4.74 Å². The maximum atomic E-state index is 5.36. The van der Waals surface area contributed by atoms with E-state index in [0.717, 1.165) is 13.1 Å². The minimum absolute atomic E-state index is 0.0975. The molecule has 0 amide bonds. The van der Waals surface area contributed by atoms with Crippen molar-refractivity contribution in [2.24, 2.45) is 0 Å². The first-order valence-corrected chi connectivity index (χ1v) is 5.76. The number of hydrogen-bond acceptors (Lipinski definition) is 2. The first-order valence-electron chi connectivity index (χ1n) is 5.76. The van der Waals surface area contributed by atoms with E-state index in [9.17, 15) is 0 Å². The summed E-state index contributed by atoms with van der Waals surface area (Å²) in [6.07, 6.45) is 0. The molecule has 0 aliphatic heterocycles. The predicted octanol–water partition coefficient (Wildman–Crippen LogP) is 2.82. The summed E-state index contributed by atoms with van der Waals surface area (Å²) in [4.78, 5) is 0. The van der Waals surface area contributed by atoms with Gasteiger partial charge < -0.3 is 10.1 Å². The van der Waals surface area contributed by atoms with Gasteiger partial charge in [0.05, 0.1) is 5.60 Å². The van der Waals surface area contributed by atoms with Crippen molar-refractivity contribution in [1.82, 2.24) is 5.32 Å². The molecule has 0 saturated carbocycles. The second-order valence-corrected chi connectivity index (χ2v) is 4.99. The van der Waals surface area contributed by atoms with Crippen molar-refractivity contribution in [3.05, 3.63) is 34.9 Å². The Kier molecular flexibility index (Phi) is 4.51. The number of nitrogens with one attached hydrogen (secondary N) is 1. The molecule has 0 heterocycles. The fraction of sp³-hybridized carbons (Fsp3) is 0.571. The highest BCUT2D eigenvalue weighted by Crippen LogP contribution is 2.10. The Labute approximate surface area is 99.0 Å². The van der Waals surface area contributed by atoms with Crippen LogP contribution in [0.15, 0.2) is 18.2 Å². The van der Waals surface area contributed by atoms with Crippen LogP contribution in [0.2, 0.25) is 0 Å². The first kappa shape index (κ1) is 13.2. The SMILES string of the molecule is COC(C)(C)CNCc1ccc(C)c(C)c1. The molecule has 0 fully saturated rings. The van der Waals surface area contributed by atoms with Crippen LogP contribution < -0.4 is 5.32 Å². The van der Waals surface area contributed by atoms with Crippen molar-refractivity contribution in [3.8, 4) is 0 Å². The number of aryl methyl sites for hydroxylation is 2. The van der Waals surface area contributed by atoms with E-state index in [1.807, 2.05) is 0 Å². The van der Waals surface area contributed by atoms with Gasteiger partial charge in [-0.1, -0.05) is 18.2 Å². The molecule has 0 bridgehead atoms. The summed E-state index contributed by atoms with van der Waals surface area (Å²) in [7, 11) is 1.75. The van der Waals surface area contributed by atoms with Crippen LogP contribution in [0.5, 0.6) is 0 Å². The van der Waals surface area contributed by atoms with Crippen LogP contribution in [0.3, 0.4) is 0 Å². The molecular formula is C14H23NO. The molecule has 16 heavy (non-hydrogen) atoms. The fourth-order valence-electron chi connectivity index (χ4n) is 1.49. The van der Waals surface area contributed by atoms with E-state index in [1.165, 1.54) is 16.7 Å².